The number of allylic oxidation sites excluding steroid dienone is 4. The van der Waals surface area contributed by atoms with E-state index in [1.807, 2.05) is 6.92 Å². The van der Waals surface area contributed by atoms with Crippen molar-refractivity contribution in [3.63, 3.8) is 0 Å². The van der Waals surface area contributed by atoms with Crippen molar-refractivity contribution in [2.45, 2.75) is 122 Å². The SMILES string of the molecule is CC(C)(C)OC(=O)N1CCC(C(=O)OCC(=O)[C@@]23OC(C)(C)O[C@@H]2C[C@H]2[C@@H]4CCC5=CC(=O)C=C[C@]5(C)[C@@]4(F)[C@@H](O)C[C@@]23C)CC1. The molecule has 0 aromatic heterocycles. The van der Waals surface area contributed by atoms with Crippen LogP contribution in [-0.4, -0.2) is 88.2 Å². The second-order valence-electron chi connectivity index (χ2n) is 16.1. The lowest BCUT2D eigenvalue weighted by atomic mass is 9.44. The number of aliphatic hydroxyl groups excluding tert-OH is 1. The van der Waals surface area contributed by atoms with Gasteiger partial charge in [-0.1, -0.05) is 18.6 Å². The lowest BCUT2D eigenvalue weighted by molar-refractivity contribution is -0.246. The summed E-state index contributed by atoms with van der Waals surface area (Å²) in [6.45, 7) is 12.6. The van der Waals surface area contributed by atoms with Crippen LogP contribution < -0.4 is 0 Å². The summed E-state index contributed by atoms with van der Waals surface area (Å²) in [5.74, 6) is -3.76. The lowest BCUT2D eigenvalue weighted by Crippen LogP contribution is -2.70. The molecule has 0 spiro atoms. The molecule has 0 radical (unpaired) electrons. The third-order valence-corrected chi connectivity index (χ3v) is 11.9. The van der Waals surface area contributed by atoms with E-state index in [0.717, 1.165) is 0 Å². The van der Waals surface area contributed by atoms with Crippen molar-refractivity contribution in [2.24, 2.45) is 28.6 Å². The smallest absolute Gasteiger partial charge is 0.410 e. The molecule has 46 heavy (non-hydrogen) atoms. The number of alkyl halides is 1. The third-order valence-electron chi connectivity index (χ3n) is 11.9. The van der Waals surface area contributed by atoms with Crippen LogP contribution in [-0.2, 0) is 33.3 Å². The Kier molecular flexibility index (Phi) is 7.73. The van der Waals surface area contributed by atoms with Crippen LogP contribution in [0.1, 0.15) is 87.0 Å². The number of esters is 1. The zero-order valence-electron chi connectivity index (χ0n) is 28.0. The number of hydrogen-bond donors (Lipinski definition) is 1. The number of likely N-dealkylation sites (tertiary alicyclic amines) is 1. The first-order chi connectivity index (χ1) is 21.3. The highest BCUT2D eigenvalue weighted by molar-refractivity contribution is 6.01. The van der Waals surface area contributed by atoms with Gasteiger partial charge in [-0.3, -0.25) is 14.4 Å². The molecular weight excluding hydrogens is 597 g/mol. The molecule has 0 aromatic carbocycles. The van der Waals surface area contributed by atoms with Crippen molar-refractivity contribution in [3.8, 4) is 0 Å². The number of carbonyl (C=O) groups is 4. The number of carbonyl (C=O) groups excluding carboxylic acids is 4. The predicted octanol–water partition coefficient (Wildman–Crippen LogP) is 4.62. The fourth-order valence-electron chi connectivity index (χ4n) is 9.79. The molecule has 5 fully saturated rings. The largest absolute Gasteiger partial charge is 0.457 e. The Balaban J connectivity index is 1.20. The molecule has 2 aliphatic heterocycles. The number of rotatable bonds is 4. The first-order valence-electron chi connectivity index (χ1n) is 16.6. The fourth-order valence-corrected chi connectivity index (χ4v) is 9.79. The summed E-state index contributed by atoms with van der Waals surface area (Å²) in [7, 11) is 0. The Labute approximate surface area is 270 Å². The fraction of sp³-hybridized carbons (Fsp3) is 0.771. The van der Waals surface area contributed by atoms with Gasteiger partial charge in [0.1, 0.15) is 5.60 Å². The van der Waals surface area contributed by atoms with Gasteiger partial charge in [-0.25, -0.2) is 9.18 Å². The molecule has 0 unspecified atom stereocenters. The highest BCUT2D eigenvalue weighted by atomic mass is 19.1. The summed E-state index contributed by atoms with van der Waals surface area (Å²) in [6, 6.07) is 0. The molecule has 1 N–H and O–H groups in total. The number of aliphatic hydroxyl groups is 1. The summed E-state index contributed by atoms with van der Waals surface area (Å²) in [6.07, 6.45) is 3.86. The lowest BCUT2D eigenvalue weighted by Gasteiger charge is -2.62. The maximum Gasteiger partial charge on any atom is 0.410 e. The quantitative estimate of drug-likeness (QED) is 0.436. The van der Waals surface area contributed by atoms with Crippen molar-refractivity contribution < 1.29 is 47.6 Å². The van der Waals surface area contributed by atoms with Crippen LogP contribution >= 0.6 is 0 Å². The van der Waals surface area contributed by atoms with Crippen LogP contribution in [0.25, 0.3) is 0 Å². The molecule has 1 amide bonds. The Hall–Kier alpha value is -2.63. The Morgan fingerprint density at radius 1 is 1.09 bits per heavy atom. The minimum absolute atomic E-state index is 0.0614. The number of nitrogens with zero attached hydrogens (tertiary/aromatic N) is 1. The van der Waals surface area contributed by atoms with E-state index in [-0.39, 0.29) is 18.1 Å². The van der Waals surface area contributed by atoms with Crippen molar-refractivity contribution in [3.05, 3.63) is 23.8 Å². The van der Waals surface area contributed by atoms with Gasteiger partial charge in [-0.15, -0.1) is 0 Å². The molecular formula is C35H48FNO9. The van der Waals surface area contributed by atoms with Crippen molar-refractivity contribution in [2.75, 3.05) is 19.7 Å². The number of Topliss-reactive ketones (excluding diaryl/α,β-unsaturated/α-hetero) is 1. The van der Waals surface area contributed by atoms with Crippen LogP contribution in [0.2, 0.25) is 0 Å². The number of fused-ring (bicyclic) bond motifs is 7. The minimum Gasteiger partial charge on any atom is -0.457 e. The molecule has 2 saturated heterocycles. The Morgan fingerprint density at radius 2 is 1.76 bits per heavy atom. The van der Waals surface area contributed by atoms with Gasteiger partial charge >= 0.3 is 12.1 Å². The molecule has 3 saturated carbocycles. The highest BCUT2D eigenvalue weighted by Gasteiger charge is 2.80. The van der Waals surface area contributed by atoms with Crippen LogP contribution in [0.3, 0.4) is 0 Å². The standard InChI is InChI=1S/C35H48FNO9/c1-30(2,3)45-29(42)37-14-11-20(12-15-37)28(41)43-19-26(40)35-27(44-31(4,5)46-35)17-24-23-9-8-21-16-22(38)10-13-32(21,6)34(23,36)25(39)18-33(24,35)7/h10,13,16,20,23-25,27,39H,8-9,11-12,14-15,17-19H2,1-7H3/t23-,24-,25-,27+,32-,33-,34-,35+/m0/s1. The number of piperidine rings is 1. The van der Waals surface area contributed by atoms with Crippen LogP contribution in [0.5, 0.6) is 0 Å². The summed E-state index contributed by atoms with van der Waals surface area (Å²) in [5.41, 5.74) is -5.73. The molecule has 4 aliphatic carbocycles. The molecule has 6 aliphatic rings. The van der Waals surface area contributed by atoms with Gasteiger partial charge in [0, 0.05) is 29.8 Å². The normalized spacial score (nSPS) is 41.5. The van der Waals surface area contributed by atoms with Gasteiger partial charge < -0.3 is 29.0 Å². The predicted molar refractivity (Wildman–Crippen MR) is 163 cm³/mol. The van der Waals surface area contributed by atoms with E-state index < -0.39 is 82.0 Å². The maximum absolute atomic E-state index is 17.6. The first-order valence-corrected chi connectivity index (χ1v) is 16.6. The summed E-state index contributed by atoms with van der Waals surface area (Å²) in [5, 5.41) is 11.8. The molecule has 254 valence electrons. The van der Waals surface area contributed by atoms with Crippen molar-refractivity contribution >= 4 is 23.6 Å². The van der Waals surface area contributed by atoms with Crippen LogP contribution in [0, 0.1) is 28.6 Å². The number of halogens is 1. The van der Waals surface area contributed by atoms with E-state index in [9.17, 15) is 24.3 Å². The van der Waals surface area contributed by atoms with Crippen molar-refractivity contribution in [1.82, 2.24) is 4.90 Å². The molecule has 0 aromatic rings. The molecule has 6 rings (SSSR count). The van der Waals surface area contributed by atoms with Gasteiger partial charge in [-0.2, -0.15) is 0 Å². The topological polar surface area (TPSA) is 129 Å². The van der Waals surface area contributed by atoms with Crippen molar-refractivity contribution in [1.29, 1.82) is 0 Å². The Bertz CT molecular complexity index is 1390. The van der Waals surface area contributed by atoms with E-state index in [4.69, 9.17) is 18.9 Å². The molecule has 8 atom stereocenters. The van der Waals surface area contributed by atoms with E-state index in [1.54, 1.807) is 52.5 Å². The van der Waals surface area contributed by atoms with E-state index >= 15 is 4.39 Å². The van der Waals surface area contributed by atoms with Gasteiger partial charge in [0.05, 0.1) is 18.1 Å². The zero-order chi connectivity index (χ0) is 33.7. The van der Waals surface area contributed by atoms with Gasteiger partial charge in [0.2, 0.25) is 5.78 Å². The minimum atomic E-state index is -2.06. The average molecular weight is 646 g/mol. The first kappa shape index (κ1) is 33.3. The monoisotopic (exact) mass is 645 g/mol. The van der Waals surface area contributed by atoms with Gasteiger partial charge in [-0.05, 0) is 98.1 Å². The van der Waals surface area contributed by atoms with Gasteiger partial charge in [0.25, 0.3) is 0 Å². The third kappa shape index (κ3) is 4.81. The Morgan fingerprint density at radius 3 is 2.41 bits per heavy atom. The number of ketones is 2. The van der Waals surface area contributed by atoms with Gasteiger partial charge in [0.15, 0.2) is 29.4 Å². The number of hydrogen-bond acceptors (Lipinski definition) is 9. The van der Waals surface area contributed by atoms with E-state index in [2.05, 4.69) is 0 Å². The van der Waals surface area contributed by atoms with E-state index in [0.29, 0.717) is 50.8 Å². The summed E-state index contributed by atoms with van der Waals surface area (Å²) < 4.78 is 41.6. The summed E-state index contributed by atoms with van der Waals surface area (Å²) >= 11 is 0. The summed E-state index contributed by atoms with van der Waals surface area (Å²) in [4.78, 5) is 53.7. The molecule has 10 nitrogen and oxygen atoms in total. The molecule has 2 heterocycles. The van der Waals surface area contributed by atoms with E-state index in [1.165, 1.54) is 12.2 Å². The average Bonchev–Trinajstić information content (AvgIpc) is 3.37. The molecule has 11 heteroatoms. The van der Waals surface area contributed by atoms with Crippen LogP contribution in [0.15, 0.2) is 23.8 Å². The van der Waals surface area contributed by atoms with Crippen LogP contribution in [0.4, 0.5) is 9.18 Å². The maximum atomic E-state index is 17.6. The molecule has 0 bridgehead atoms. The number of ether oxygens (including phenoxy) is 4. The second kappa shape index (κ2) is 10.7. The highest BCUT2D eigenvalue weighted by Crippen LogP contribution is 2.72. The number of amides is 1. The second-order valence-corrected chi connectivity index (χ2v) is 16.1. The zero-order valence-corrected chi connectivity index (χ0v) is 28.0.